The first-order chi connectivity index (χ1) is 9.94. The van der Waals surface area contributed by atoms with Crippen molar-refractivity contribution >= 4 is 5.91 Å². The Kier molecular flexibility index (Phi) is 5.23. The van der Waals surface area contributed by atoms with Gasteiger partial charge in [-0.1, -0.05) is 12.1 Å². The predicted molar refractivity (Wildman–Crippen MR) is 84.2 cm³/mol. The Morgan fingerprint density at radius 3 is 2.52 bits per heavy atom. The van der Waals surface area contributed by atoms with E-state index >= 15 is 0 Å². The van der Waals surface area contributed by atoms with E-state index in [0.717, 1.165) is 37.9 Å². The summed E-state index contributed by atoms with van der Waals surface area (Å²) in [5.41, 5.74) is 0.834. The number of nitrogens with one attached hydrogen (secondary N) is 2. The van der Waals surface area contributed by atoms with E-state index in [1.54, 1.807) is 12.1 Å². The SMILES string of the molecule is CC(C)(Cc1ccc(O)cc1)NC(=O)CC1CCNCC1. The molecule has 1 amide bonds. The zero-order chi connectivity index (χ0) is 15.3. The molecule has 21 heavy (non-hydrogen) atoms. The summed E-state index contributed by atoms with van der Waals surface area (Å²) in [7, 11) is 0. The van der Waals surface area contributed by atoms with Gasteiger partial charge >= 0.3 is 0 Å². The molecule has 1 aromatic carbocycles. The van der Waals surface area contributed by atoms with Gasteiger partial charge in [-0.05, 0) is 69.8 Å². The summed E-state index contributed by atoms with van der Waals surface area (Å²) < 4.78 is 0. The number of hydrogen-bond donors (Lipinski definition) is 3. The van der Waals surface area contributed by atoms with Crippen molar-refractivity contribution in [2.75, 3.05) is 13.1 Å². The molecule has 0 unspecified atom stereocenters. The molecule has 0 spiro atoms. The van der Waals surface area contributed by atoms with Crippen LogP contribution in [0.2, 0.25) is 0 Å². The number of carbonyl (C=O) groups is 1. The lowest BCUT2D eigenvalue weighted by Gasteiger charge is -2.28. The molecule has 2 rings (SSSR count). The standard InChI is InChI=1S/C17H26N2O2/c1-17(2,12-14-3-5-15(20)6-4-14)19-16(21)11-13-7-9-18-10-8-13/h3-6,13,18,20H,7-12H2,1-2H3,(H,19,21). The van der Waals surface area contributed by atoms with E-state index in [0.29, 0.717) is 12.3 Å². The van der Waals surface area contributed by atoms with E-state index in [2.05, 4.69) is 10.6 Å². The van der Waals surface area contributed by atoms with Gasteiger partial charge in [0.05, 0.1) is 0 Å². The molecule has 3 N–H and O–H groups in total. The van der Waals surface area contributed by atoms with Gasteiger partial charge in [0.25, 0.3) is 0 Å². The van der Waals surface area contributed by atoms with Crippen molar-refractivity contribution in [1.82, 2.24) is 10.6 Å². The Morgan fingerprint density at radius 2 is 1.90 bits per heavy atom. The number of benzene rings is 1. The Hall–Kier alpha value is -1.55. The molecule has 0 saturated carbocycles. The molecule has 1 fully saturated rings. The van der Waals surface area contributed by atoms with Crippen molar-refractivity contribution in [3.05, 3.63) is 29.8 Å². The maximum atomic E-state index is 12.2. The third-order valence-corrected chi connectivity index (χ3v) is 3.99. The van der Waals surface area contributed by atoms with E-state index < -0.39 is 0 Å². The van der Waals surface area contributed by atoms with Crippen molar-refractivity contribution in [3.8, 4) is 5.75 Å². The van der Waals surface area contributed by atoms with Crippen LogP contribution in [0.5, 0.6) is 5.75 Å². The fourth-order valence-electron chi connectivity index (χ4n) is 2.94. The third kappa shape index (κ3) is 5.38. The highest BCUT2D eigenvalue weighted by Gasteiger charge is 2.23. The molecule has 4 heteroatoms. The minimum atomic E-state index is -0.277. The van der Waals surface area contributed by atoms with Crippen molar-refractivity contribution in [2.24, 2.45) is 5.92 Å². The van der Waals surface area contributed by atoms with Gasteiger partial charge in [-0.3, -0.25) is 4.79 Å². The van der Waals surface area contributed by atoms with Crippen LogP contribution in [-0.2, 0) is 11.2 Å². The fraction of sp³-hybridized carbons (Fsp3) is 0.588. The first-order valence-electron chi connectivity index (χ1n) is 7.74. The zero-order valence-electron chi connectivity index (χ0n) is 13.0. The summed E-state index contributed by atoms with van der Waals surface area (Å²) in [5, 5.41) is 15.8. The molecule has 0 bridgehead atoms. The summed E-state index contributed by atoms with van der Waals surface area (Å²) in [6, 6.07) is 7.16. The molecule has 0 radical (unpaired) electrons. The molecule has 0 atom stereocenters. The van der Waals surface area contributed by atoms with Gasteiger partial charge in [-0.2, -0.15) is 0 Å². The molecule has 116 valence electrons. The first-order valence-corrected chi connectivity index (χ1v) is 7.74. The smallest absolute Gasteiger partial charge is 0.220 e. The van der Waals surface area contributed by atoms with E-state index in [1.807, 2.05) is 26.0 Å². The molecule has 1 aliphatic heterocycles. The summed E-state index contributed by atoms with van der Waals surface area (Å²) in [6.45, 7) is 6.13. The summed E-state index contributed by atoms with van der Waals surface area (Å²) >= 11 is 0. The van der Waals surface area contributed by atoms with Crippen LogP contribution < -0.4 is 10.6 Å². The lowest BCUT2D eigenvalue weighted by molar-refractivity contribution is -0.123. The Labute approximate surface area is 126 Å². The normalized spacial score (nSPS) is 16.7. The third-order valence-electron chi connectivity index (χ3n) is 3.99. The summed E-state index contributed by atoms with van der Waals surface area (Å²) in [6.07, 6.45) is 3.56. The van der Waals surface area contributed by atoms with Crippen LogP contribution in [-0.4, -0.2) is 29.6 Å². The molecule has 1 heterocycles. The second-order valence-corrected chi connectivity index (χ2v) is 6.67. The van der Waals surface area contributed by atoms with Crippen LogP contribution >= 0.6 is 0 Å². The number of carbonyl (C=O) groups excluding carboxylic acids is 1. The highest BCUT2D eigenvalue weighted by molar-refractivity contribution is 5.77. The molecule has 1 aliphatic rings. The van der Waals surface area contributed by atoms with Crippen molar-refractivity contribution in [1.29, 1.82) is 0 Å². The molecule has 1 saturated heterocycles. The van der Waals surface area contributed by atoms with Gasteiger partial charge in [-0.15, -0.1) is 0 Å². The molecular formula is C17H26N2O2. The maximum Gasteiger partial charge on any atom is 0.220 e. The molecular weight excluding hydrogens is 264 g/mol. The quantitative estimate of drug-likeness (QED) is 0.779. The van der Waals surface area contributed by atoms with Gasteiger partial charge < -0.3 is 15.7 Å². The minimum Gasteiger partial charge on any atom is -0.508 e. The maximum absolute atomic E-state index is 12.2. The first kappa shape index (κ1) is 15.8. The second-order valence-electron chi connectivity index (χ2n) is 6.67. The van der Waals surface area contributed by atoms with Gasteiger partial charge in [0.2, 0.25) is 5.91 Å². The fourth-order valence-corrected chi connectivity index (χ4v) is 2.94. The van der Waals surface area contributed by atoms with Crippen molar-refractivity contribution < 1.29 is 9.90 Å². The van der Waals surface area contributed by atoms with Crippen LogP contribution in [0.4, 0.5) is 0 Å². The zero-order valence-corrected chi connectivity index (χ0v) is 13.0. The molecule has 0 aliphatic carbocycles. The number of phenolic OH excluding ortho intramolecular Hbond substituents is 1. The summed E-state index contributed by atoms with van der Waals surface area (Å²) in [4.78, 5) is 12.2. The second kappa shape index (κ2) is 6.94. The van der Waals surface area contributed by atoms with E-state index in [4.69, 9.17) is 0 Å². The van der Waals surface area contributed by atoms with Crippen molar-refractivity contribution in [2.45, 2.75) is 45.1 Å². The monoisotopic (exact) mass is 290 g/mol. The number of piperidine rings is 1. The van der Waals surface area contributed by atoms with Crippen LogP contribution in [0.15, 0.2) is 24.3 Å². The van der Waals surface area contributed by atoms with Crippen LogP contribution in [0.3, 0.4) is 0 Å². The average molecular weight is 290 g/mol. The Balaban J connectivity index is 1.84. The topological polar surface area (TPSA) is 61.4 Å². The van der Waals surface area contributed by atoms with E-state index in [1.165, 1.54) is 0 Å². The number of amides is 1. The predicted octanol–water partition coefficient (Wildman–Crippen LogP) is 2.22. The minimum absolute atomic E-state index is 0.144. The van der Waals surface area contributed by atoms with Gasteiger partial charge in [0, 0.05) is 12.0 Å². The van der Waals surface area contributed by atoms with Gasteiger partial charge in [0.1, 0.15) is 5.75 Å². The average Bonchev–Trinajstić information content (AvgIpc) is 2.41. The van der Waals surface area contributed by atoms with Gasteiger partial charge in [0.15, 0.2) is 0 Å². The molecule has 1 aromatic rings. The number of aromatic hydroxyl groups is 1. The Morgan fingerprint density at radius 1 is 1.29 bits per heavy atom. The van der Waals surface area contributed by atoms with E-state index in [-0.39, 0.29) is 17.2 Å². The van der Waals surface area contributed by atoms with Crippen molar-refractivity contribution in [3.63, 3.8) is 0 Å². The highest BCUT2D eigenvalue weighted by atomic mass is 16.3. The number of phenols is 1. The molecule has 0 aromatic heterocycles. The van der Waals surface area contributed by atoms with Crippen LogP contribution in [0.25, 0.3) is 0 Å². The Bertz CT molecular complexity index is 462. The number of rotatable bonds is 5. The van der Waals surface area contributed by atoms with Crippen LogP contribution in [0.1, 0.15) is 38.7 Å². The van der Waals surface area contributed by atoms with Gasteiger partial charge in [-0.25, -0.2) is 0 Å². The number of hydrogen-bond acceptors (Lipinski definition) is 3. The highest BCUT2D eigenvalue weighted by Crippen LogP contribution is 2.19. The lowest BCUT2D eigenvalue weighted by Crippen LogP contribution is -2.46. The summed E-state index contributed by atoms with van der Waals surface area (Å²) in [5.74, 6) is 0.924. The lowest BCUT2D eigenvalue weighted by atomic mass is 9.92. The largest absolute Gasteiger partial charge is 0.508 e. The van der Waals surface area contributed by atoms with Crippen LogP contribution in [0, 0.1) is 5.92 Å². The van der Waals surface area contributed by atoms with E-state index in [9.17, 15) is 9.90 Å². The molecule has 4 nitrogen and oxygen atoms in total.